The summed E-state index contributed by atoms with van der Waals surface area (Å²) in [7, 11) is 0. The summed E-state index contributed by atoms with van der Waals surface area (Å²) in [4.78, 5) is 18.4. The van der Waals surface area contributed by atoms with Crippen molar-refractivity contribution in [2.45, 2.75) is 13.0 Å². The van der Waals surface area contributed by atoms with E-state index in [1.54, 1.807) is 12.5 Å². The third kappa shape index (κ3) is 3.93. The number of hydrogen-bond donors (Lipinski definition) is 3. The molecule has 1 aromatic carbocycles. The quantitative estimate of drug-likeness (QED) is 0.745. The summed E-state index contributed by atoms with van der Waals surface area (Å²) in [6.45, 7) is 1.12. The fourth-order valence-electron chi connectivity index (χ4n) is 1.57. The number of rotatable bonds is 5. The Labute approximate surface area is 106 Å². The average Bonchev–Trinajstić information content (AvgIpc) is 2.91. The summed E-state index contributed by atoms with van der Waals surface area (Å²) in [5.74, 6) is 0. The number of hydrogen-bond acceptors (Lipinski definition) is 2. The van der Waals surface area contributed by atoms with Crippen molar-refractivity contribution in [3.63, 3.8) is 0 Å². The lowest BCUT2D eigenvalue weighted by atomic mass is 10.2. The molecule has 1 aromatic heterocycles. The first-order valence-electron chi connectivity index (χ1n) is 5.87. The van der Waals surface area contributed by atoms with E-state index in [2.05, 4.69) is 20.6 Å². The molecule has 5 heteroatoms. The highest BCUT2D eigenvalue weighted by atomic mass is 16.2. The third-order valence-corrected chi connectivity index (χ3v) is 2.53. The molecule has 2 amide bonds. The molecule has 0 saturated carbocycles. The Morgan fingerprint density at radius 3 is 2.78 bits per heavy atom. The van der Waals surface area contributed by atoms with Crippen molar-refractivity contribution in [3.05, 3.63) is 54.1 Å². The highest BCUT2D eigenvalue weighted by Gasteiger charge is 2.00. The van der Waals surface area contributed by atoms with Gasteiger partial charge in [0.25, 0.3) is 0 Å². The Kier molecular flexibility index (Phi) is 4.35. The van der Waals surface area contributed by atoms with Gasteiger partial charge >= 0.3 is 6.03 Å². The standard InChI is InChI=1S/C13H16N4O/c18-13(15-7-6-12-9-14-10-17-12)16-8-11-4-2-1-3-5-11/h1-5,9-10H,6-8H2,(H,14,17)(H2,15,16,18). The van der Waals surface area contributed by atoms with E-state index in [1.165, 1.54) is 0 Å². The summed E-state index contributed by atoms with van der Waals surface area (Å²) in [6, 6.07) is 9.66. The van der Waals surface area contributed by atoms with Gasteiger partial charge in [0.05, 0.1) is 6.33 Å². The summed E-state index contributed by atoms with van der Waals surface area (Å²) in [6.07, 6.45) is 4.13. The van der Waals surface area contributed by atoms with Crippen LogP contribution in [0, 0.1) is 0 Å². The molecule has 0 unspecified atom stereocenters. The highest BCUT2D eigenvalue weighted by molar-refractivity contribution is 5.73. The van der Waals surface area contributed by atoms with Crippen molar-refractivity contribution >= 4 is 6.03 Å². The van der Waals surface area contributed by atoms with E-state index in [0.29, 0.717) is 13.1 Å². The monoisotopic (exact) mass is 244 g/mol. The van der Waals surface area contributed by atoms with E-state index in [9.17, 15) is 4.79 Å². The van der Waals surface area contributed by atoms with Gasteiger partial charge in [0.2, 0.25) is 0 Å². The van der Waals surface area contributed by atoms with Crippen LogP contribution in [0.25, 0.3) is 0 Å². The van der Waals surface area contributed by atoms with Crippen LogP contribution in [0.5, 0.6) is 0 Å². The minimum atomic E-state index is -0.154. The van der Waals surface area contributed by atoms with Gasteiger partial charge in [-0.3, -0.25) is 0 Å². The van der Waals surface area contributed by atoms with Gasteiger partial charge in [-0.25, -0.2) is 9.78 Å². The maximum Gasteiger partial charge on any atom is 0.315 e. The Morgan fingerprint density at radius 1 is 1.22 bits per heavy atom. The van der Waals surface area contributed by atoms with Crippen LogP contribution in [0.3, 0.4) is 0 Å². The van der Waals surface area contributed by atoms with Crippen LogP contribution in [-0.2, 0) is 13.0 Å². The molecule has 2 aromatic rings. The number of aromatic nitrogens is 2. The zero-order chi connectivity index (χ0) is 12.6. The van der Waals surface area contributed by atoms with Crippen molar-refractivity contribution < 1.29 is 4.79 Å². The number of aromatic amines is 1. The second-order valence-electron chi connectivity index (χ2n) is 3.92. The van der Waals surface area contributed by atoms with Gasteiger partial charge in [-0.1, -0.05) is 30.3 Å². The van der Waals surface area contributed by atoms with Gasteiger partial charge in [0.15, 0.2) is 0 Å². The summed E-state index contributed by atoms with van der Waals surface area (Å²) in [5, 5.41) is 5.60. The Bertz CT molecular complexity index is 467. The lowest BCUT2D eigenvalue weighted by Crippen LogP contribution is -2.36. The van der Waals surface area contributed by atoms with E-state index in [0.717, 1.165) is 17.7 Å². The van der Waals surface area contributed by atoms with Gasteiger partial charge in [-0.15, -0.1) is 0 Å². The minimum Gasteiger partial charge on any atom is -0.348 e. The average molecular weight is 244 g/mol. The summed E-state index contributed by atoms with van der Waals surface area (Å²) < 4.78 is 0. The molecule has 94 valence electrons. The van der Waals surface area contributed by atoms with Crippen LogP contribution in [0.1, 0.15) is 11.3 Å². The number of carbonyl (C=O) groups excluding carboxylic acids is 1. The van der Waals surface area contributed by atoms with E-state index in [4.69, 9.17) is 0 Å². The topological polar surface area (TPSA) is 69.8 Å². The molecule has 1 heterocycles. The Morgan fingerprint density at radius 2 is 2.06 bits per heavy atom. The molecule has 0 bridgehead atoms. The molecular formula is C13H16N4O. The first kappa shape index (κ1) is 12.2. The maximum atomic E-state index is 11.5. The van der Waals surface area contributed by atoms with Crippen molar-refractivity contribution in [1.82, 2.24) is 20.6 Å². The second kappa shape index (κ2) is 6.44. The van der Waals surface area contributed by atoms with Crippen LogP contribution in [-0.4, -0.2) is 22.5 Å². The minimum absolute atomic E-state index is 0.154. The van der Waals surface area contributed by atoms with E-state index in [1.807, 2.05) is 30.3 Å². The van der Waals surface area contributed by atoms with Gasteiger partial charge in [-0.2, -0.15) is 0 Å². The fraction of sp³-hybridized carbons (Fsp3) is 0.231. The molecule has 0 aliphatic rings. The highest BCUT2D eigenvalue weighted by Crippen LogP contribution is 1.96. The van der Waals surface area contributed by atoms with E-state index < -0.39 is 0 Å². The molecule has 0 spiro atoms. The van der Waals surface area contributed by atoms with E-state index in [-0.39, 0.29) is 6.03 Å². The van der Waals surface area contributed by atoms with Crippen LogP contribution in [0.15, 0.2) is 42.9 Å². The van der Waals surface area contributed by atoms with E-state index >= 15 is 0 Å². The van der Waals surface area contributed by atoms with Crippen LogP contribution in [0.2, 0.25) is 0 Å². The largest absolute Gasteiger partial charge is 0.348 e. The van der Waals surface area contributed by atoms with Crippen molar-refractivity contribution in [2.24, 2.45) is 0 Å². The summed E-state index contributed by atoms with van der Waals surface area (Å²) in [5.41, 5.74) is 2.10. The molecule has 0 saturated heterocycles. The molecule has 18 heavy (non-hydrogen) atoms. The van der Waals surface area contributed by atoms with Gasteiger partial charge < -0.3 is 15.6 Å². The smallest absolute Gasteiger partial charge is 0.315 e. The number of urea groups is 1. The normalized spacial score (nSPS) is 10.0. The predicted octanol–water partition coefficient (Wildman–Crippen LogP) is 1.45. The number of amides is 2. The Balaban J connectivity index is 1.63. The maximum absolute atomic E-state index is 11.5. The number of nitrogens with one attached hydrogen (secondary N) is 3. The van der Waals surface area contributed by atoms with Crippen molar-refractivity contribution in [1.29, 1.82) is 0 Å². The molecule has 0 fully saturated rings. The van der Waals surface area contributed by atoms with Crippen LogP contribution in [0.4, 0.5) is 4.79 Å². The van der Waals surface area contributed by atoms with Crippen molar-refractivity contribution in [3.8, 4) is 0 Å². The molecule has 0 aliphatic carbocycles. The first-order valence-corrected chi connectivity index (χ1v) is 5.87. The van der Waals surface area contributed by atoms with Crippen LogP contribution >= 0.6 is 0 Å². The zero-order valence-corrected chi connectivity index (χ0v) is 10.0. The lowest BCUT2D eigenvalue weighted by molar-refractivity contribution is 0.240. The number of H-pyrrole nitrogens is 1. The van der Waals surface area contributed by atoms with Crippen LogP contribution < -0.4 is 10.6 Å². The van der Waals surface area contributed by atoms with Crippen molar-refractivity contribution in [2.75, 3.05) is 6.54 Å². The molecule has 5 nitrogen and oxygen atoms in total. The molecular weight excluding hydrogens is 228 g/mol. The molecule has 2 rings (SSSR count). The Hall–Kier alpha value is -2.30. The molecule has 3 N–H and O–H groups in total. The fourth-order valence-corrected chi connectivity index (χ4v) is 1.57. The van der Waals surface area contributed by atoms with Gasteiger partial charge in [0.1, 0.15) is 0 Å². The molecule has 0 radical (unpaired) electrons. The predicted molar refractivity (Wildman–Crippen MR) is 69.0 cm³/mol. The SMILES string of the molecule is O=C(NCCc1cnc[nH]1)NCc1ccccc1. The lowest BCUT2D eigenvalue weighted by Gasteiger charge is -2.06. The zero-order valence-electron chi connectivity index (χ0n) is 10.0. The summed E-state index contributed by atoms with van der Waals surface area (Å²) >= 11 is 0. The number of nitrogens with zero attached hydrogens (tertiary/aromatic N) is 1. The van der Waals surface area contributed by atoms with Gasteiger partial charge in [-0.05, 0) is 5.56 Å². The number of imidazole rings is 1. The third-order valence-electron chi connectivity index (χ3n) is 2.53. The number of benzene rings is 1. The molecule has 0 atom stereocenters. The number of carbonyl (C=O) groups is 1. The molecule has 0 aliphatic heterocycles. The second-order valence-corrected chi connectivity index (χ2v) is 3.92. The first-order chi connectivity index (χ1) is 8.84. The van der Waals surface area contributed by atoms with Gasteiger partial charge in [0, 0.05) is 31.4 Å².